The van der Waals surface area contributed by atoms with Gasteiger partial charge in [0.2, 0.25) is 5.91 Å². The van der Waals surface area contributed by atoms with Gasteiger partial charge in [0.15, 0.2) is 5.65 Å². The third-order valence-electron chi connectivity index (χ3n) is 6.63. The topological polar surface area (TPSA) is 107 Å². The van der Waals surface area contributed by atoms with Crippen LogP contribution >= 0.6 is 0 Å². The van der Waals surface area contributed by atoms with Gasteiger partial charge in [-0.2, -0.15) is 5.26 Å². The number of aryl methyl sites for hydroxylation is 1. The Bertz CT molecular complexity index is 1230. The molecule has 0 spiro atoms. The van der Waals surface area contributed by atoms with E-state index in [1.54, 1.807) is 11.1 Å². The van der Waals surface area contributed by atoms with Crippen molar-refractivity contribution in [2.75, 3.05) is 30.4 Å². The first-order valence-electron chi connectivity index (χ1n) is 11.5. The lowest BCUT2D eigenvalue weighted by Crippen LogP contribution is -2.52. The number of fused-ring (bicyclic) bond motifs is 1. The maximum Gasteiger partial charge on any atom is 0.331 e. The Balaban J connectivity index is 1.57. The highest BCUT2D eigenvalue weighted by Gasteiger charge is 2.32. The van der Waals surface area contributed by atoms with Crippen LogP contribution in [0.5, 0.6) is 0 Å². The molecule has 0 bridgehead atoms. The summed E-state index contributed by atoms with van der Waals surface area (Å²) in [5.41, 5.74) is 2.43. The number of nitrogens with one attached hydrogen (secondary N) is 1. The molecular weight excluding hydrogens is 430 g/mol. The zero-order valence-corrected chi connectivity index (χ0v) is 19.7. The van der Waals surface area contributed by atoms with Crippen molar-refractivity contribution >= 4 is 34.5 Å². The molecule has 1 aliphatic heterocycles. The molecule has 0 radical (unpaired) electrons. The minimum absolute atomic E-state index is 0.0312. The molecule has 3 aromatic rings. The molecule has 1 saturated heterocycles. The molecule has 1 aromatic carbocycles. The lowest BCUT2D eigenvalue weighted by Gasteiger charge is -2.42. The van der Waals surface area contributed by atoms with Crippen LogP contribution in [0.4, 0.5) is 16.3 Å². The zero-order valence-electron chi connectivity index (χ0n) is 19.7. The van der Waals surface area contributed by atoms with Gasteiger partial charge >= 0.3 is 6.03 Å². The van der Waals surface area contributed by atoms with Crippen molar-refractivity contribution in [3.05, 3.63) is 48.4 Å². The fourth-order valence-electron chi connectivity index (χ4n) is 4.51. The Hall–Kier alpha value is -3.93. The monoisotopic (exact) mass is 459 g/mol. The number of hydrogen-bond donors (Lipinski definition) is 1. The number of hydrogen-bond acceptors (Lipinski definition) is 6. The van der Waals surface area contributed by atoms with Crippen LogP contribution in [0.25, 0.3) is 11.0 Å². The van der Waals surface area contributed by atoms with Crippen molar-refractivity contribution in [1.29, 1.82) is 5.26 Å². The van der Waals surface area contributed by atoms with Crippen molar-refractivity contribution in [1.82, 2.24) is 19.4 Å². The smallest absolute Gasteiger partial charge is 0.331 e. The van der Waals surface area contributed by atoms with E-state index in [0.717, 1.165) is 18.2 Å². The summed E-state index contributed by atoms with van der Waals surface area (Å²) in [6, 6.07) is 11.3. The number of rotatable bonds is 5. The van der Waals surface area contributed by atoms with E-state index in [4.69, 9.17) is 5.26 Å². The number of amides is 2. The van der Waals surface area contributed by atoms with Gasteiger partial charge in [-0.3, -0.25) is 9.36 Å². The van der Waals surface area contributed by atoms with Crippen molar-refractivity contribution < 1.29 is 9.59 Å². The zero-order chi connectivity index (χ0) is 24.2. The standard InChI is InChI=1S/C25H29N7O2/c1-4-18-5-7-19(8-6-18)29-25(34)32-14-11-20-23(27-16-28-24(20)32)30(3)21-15-31(13-10-17(21)2)22(33)9-12-26/h5-8,11,14,16-17,21H,4,9-10,13,15H2,1-3H3,(H,29,34)/t17-,21+/m1/s1. The average molecular weight is 460 g/mol. The van der Waals surface area contributed by atoms with Crippen LogP contribution in [0.1, 0.15) is 32.3 Å². The summed E-state index contributed by atoms with van der Waals surface area (Å²) in [4.78, 5) is 38.0. The van der Waals surface area contributed by atoms with Crippen molar-refractivity contribution in [2.24, 2.45) is 5.92 Å². The Morgan fingerprint density at radius 1 is 1.24 bits per heavy atom. The second kappa shape index (κ2) is 9.91. The van der Waals surface area contributed by atoms with E-state index >= 15 is 0 Å². The normalized spacial score (nSPS) is 17.9. The molecule has 1 fully saturated rings. The van der Waals surface area contributed by atoms with E-state index in [1.165, 1.54) is 16.5 Å². The van der Waals surface area contributed by atoms with Gasteiger partial charge in [-0.15, -0.1) is 0 Å². The number of likely N-dealkylation sites (tertiary alicyclic amines) is 1. The van der Waals surface area contributed by atoms with Gasteiger partial charge in [0.1, 0.15) is 18.6 Å². The molecule has 2 atom stereocenters. The predicted molar refractivity (Wildman–Crippen MR) is 131 cm³/mol. The molecule has 176 valence electrons. The number of nitrogens with zero attached hydrogens (tertiary/aromatic N) is 6. The molecule has 9 nitrogen and oxygen atoms in total. The third-order valence-corrected chi connectivity index (χ3v) is 6.63. The molecular formula is C25H29N7O2. The van der Waals surface area contributed by atoms with Gasteiger partial charge in [-0.1, -0.05) is 26.0 Å². The van der Waals surface area contributed by atoms with Crippen LogP contribution < -0.4 is 10.2 Å². The minimum Gasteiger partial charge on any atom is -0.354 e. The van der Waals surface area contributed by atoms with Gasteiger partial charge in [0, 0.05) is 32.0 Å². The largest absolute Gasteiger partial charge is 0.354 e. The van der Waals surface area contributed by atoms with Gasteiger partial charge in [0.25, 0.3) is 0 Å². The van der Waals surface area contributed by atoms with Crippen molar-refractivity contribution in [3.63, 3.8) is 0 Å². The highest BCUT2D eigenvalue weighted by atomic mass is 16.2. The second-order valence-corrected chi connectivity index (χ2v) is 8.72. The minimum atomic E-state index is -0.300. The molecule has 2 aromatic heterocycles. The SMILES string of the molecule is CCc1ccc(NC(=O)n2ccc3c(N(C)[C@H]4CN(C(=O)CC#N)CC[C@H]4C)ncnc32)cc1. The Morgan fingerprint density at radius 2 is 2.00 bits per heavy atom. The fourth-order valence-corrected chi connectivity index (χ4v) is 4.51. The quantitative estimate of drug-likeness (QED) is 0.624. The molecule has 2 amide bonds. The summed E-state index contributed by atoms with van der Waals surface area (Å²) in [5.74, 6) is 0.892. The Labute approximate surface area is 199 Å². The number of benzene rings is 1. The van der Waals surface area contributed by atoms with Crippen LogP contribution in [0.15, 0.2) is 42.9 Å². The summed E-state index contributed by atoms with van der Waals surface area (Å²) in [6.45, 7) is 5.43. The van der Waals surface area contributed by atoms with Crippen LogP contribution in [-0.4, -0.2) is 57.6 Å². The lowest BCUT2D eigenvalue weighted by atomic mass is 9.92. The van der Waals surface area contributed by atoms with Gasteiger partial charge in [0.05, 0.1) is 17.5 Å². The molecule has 34 heavy (non-hydrogen) atoms. The fraction of sp³-hybridized carbons (Fsp3) is 0.400. The molecule has 0 unspecified atom stereocenters. The first-order valence-corrected chi connectivity index (χ1v) is 11.5. The van der Waals surface area contributed by atoms with E-state index in [2.05, 4.69) is 34.0 Å². The van der Waals surface area contributed by atoms with Crippen molar-refractivity contribution in [2.45, 2.75) is 39.2 Å². The number of carbonyl (C=O) groups is 2. The van der Waals surface area contributed by atoms with Gasteiger partial charge < -0.3 is 15.1 Å². The van der Waals surface area contributed by atoms with E-state index < -0.39 is 0 Å². The summed E-state index contributed by atoms with van der Waals surface area (Å²) < 4.78 is 1.48. The van der Waals surface area contributed by atoms with Gasteiger partial charge in [-0.05, 0) is 42.5 Å². The first-order chi connectivity index (χ1) is 16.4. The third kappa shape index (κ3) is 4.57. The molecule has 9 heteroatoms. The van der Waals surface area contributed by atoms with Crippen LogP contribution in [0, 0.1) is 17.2 Å². The van der Waals surface area contributed by atoms with Crippen LogP contribution in [-0.2, 0) is 11.2 Å². The highest BCUT2D eigenvalue weighted by molar-refractivity contribution is 5.99. The lowest BCUT2D eigenvalue weighted by molar-refractivity contribution is -0.131. The van der Waals surface area contributed by atoms with Crippen LogP contribution in [0.3, 0.4) is 0 Å². The molecule has 0 aliphatic carbocycles. The maximum atomic E-state index is 13.0. The second-order valence-electron chi connectivity index (χ2n) is 8.72. The molecule has 1 N–H and O–H groups in total. The number of anilines is 2. The Kier molecular flexibility index (Phi) is 6.77. The summed E-state index contributed by atoms with van der Waals surface area (Å²) >= 11 is 0. The number of nitriles is 1. The molecule has 3 heterocycles. The van der Waals surface area contributed by atoms with E-state index in [-0.39, 0.29) is 24.4 Å². The summed E-state index contributed by atoms with van der Waals surface area (Å²) in [5, 5.41) is 12.6. The average Bonchev–Trinajstić information content (AvgIpc) is 3.29. The summed E-state index contributed by atoms with van der Waals surface area (Å²) in [7, 11) is 1.95. The Morgan fingerprint density at radius 3 is 2.71 bits per heavy atom. The number of piperidine rings is 1. The van der Waals surface area contributed by atoms with E-state index in [1.807, 2.05) is 43.4 Å². The molecule has 4 rings (SSSR count). The van der Waals surface area contributed by atoms with Crippen molar-refractivity contribution in [3.8, 4) is 6.07 Å². The number of carbonyl (C=O) groups excluding carboxylic acids is 2. The maximum absolute atomic E-state index is 13.0. The molecule has 1 aliphatic rings. The predicted octanol–water partition coefficient (Wildman–Crippen LogP) is 3.66. The highest BCUT2D eigenvalue weighted by Crippen LogP contribution is 2.29. The van der Waals surface area contributed by atoms with Gasteiger partial charge in [-0.25, -0.2) is 14.8 Å². The van der Waals surface area contributed by atoms with E-state index in [0.29, 0.717) is 36.2 Å². The van der Waals surface area contributed by atoms with E-state index in [9.17, 15) is 9.59 Å². The molecule has 0 saturated carbocycles. The van der Waals surface area contributed by atoms with Crippen LogP contribution in [0.2, 0.25) is 0 Å². The number of aromatic nitrogens is 3. The summed E-state index contributed by atoms with van der Waals surface area (Å²) in [6.07, 6.45) is 4.83. The number of likely N-dealkylation sites (N-methyl/N-ethyl adjacent to an activating group) is 1. The first kappa shape index (κ1) is 23.2.